The van der Waals surface area contributed by atoms with E-state index in [1.807, 2.05) is 6.92 Å². The number of fused-ring (bicyclic) bond motifs is 1. The number of amides is 1. The minimum absolute atomic E-state index is 0.0845. The Morgan fingerprint density at radius 2 is 2.00 bits per heavy atom. The molecule has 9 heteroatoms. The minimum atomic E-state index is -0.845. The molecule has 1 amide bonds. The number of rotatable bonds is 2. The number of aromatic nitrogens is 3. The largest absolute Gasteiger partial charge is 0.383 e. The molecule has 0 radical (unpaired) electrons. The third-order valence-electron chi connectivity index (χ3n) is 3.05. The average molecular weight is 292 g/mol. The van der Waals surface area contributed by atoms with Crippen LogP contribution in [0.1, 0.15) is 41.8 Å². The van der Waals surface area contributed by atoms with Crippen LogP contribution < -0.4 is 5.73 Å². The Morgan fingerprint density at radius 3 is 2.65 bits per heavy atom. The van der Waals surface area contributed by atoms with Gasteiger partial charge in [-0.2, -0.15) is 4.68 Å². The minimum Gasteiger partial charge on any atom is -0.383 e. The van der Waals surface area contributed by atoms with Crippen molar-refractivity contribution >= 4 is 29.2 Å². The number of ether oxygens (including phenoxy) is 1. The number of esters is 2. The normalized spacial score (nSPS) is 13.5. The van der Waals surface area contributed by atoms with Crippen LogP contribution in [0.2, 0.25) is 0 Å². The van der Waals surface area contributed by atoms with Crippen molar-refractivity contribution < 1.29 is 19.1 Å². The second-order valence-electron chi connectivity index (χ2n) is 4.20. The first-order valence-electron chi connectivity index (χ1n) is 5.54. The van der Waals surface area contributed by atoms with Gasteiger partial charge in [0.1, 0.15) is 5.00 Å². The van der Waals surface area contributed by atoms with Crippen LogP contribution in [0.3, 0.4) is 0 Å². The molecule has 0 unspecified atom stereocenters. The summed E-state index contributed by atoms with van der Waals surface area (Å²) in [5.74, 6) is -2.32. The van der Waals surface area contributed by atoms with E-state index in [0.717, 1.165) is 9.56 Å². The molecule has 102 valence electrons. The zero-order chi connectivity index (χ0) is 14.6. The summed E-state index contributed by atoms with van der Waals surface area (Å²) in [5, 5.41) is 7.72. The van der Waals surface area contributed by atoms with Gasteiger partial charge in [-0.3, -0.25) is 4.79 Å². The van der Waals surface area contributed by atoms with Crippen molar-refractivity contribution in [3.8, 4) is 5.00 Å². The molecule has 0 spiro atoms. The Bertz CT molecular complexity index is 789. The number of carbonyl (C=O) groups is 3. The van der Waals surface area contributed by atoms with Crippen molar-refractivity contribution in [2.24, 2.45) is 5.73 Å². The Labute approximate surface area is 116 Å². The molecular weight excluding hydrogens is 284 g/mol. The summed E-state index contributed by atoms with van der Waals surface area (Å²) < 4.78 is 5.59. The summed E-state index contributed by atoms with van der Waals surface area (Å²) in [6.45, 7) is 3.56. The molecule has 2 N–H and O–H groups in total. The van der Waals surface area contributed by atoms with Gasteiger partial charge in [-0.15, -0.1) is 16.4 Å². The third-order valence-corrected chi connectivity index (χ3v) is 4.23. The fourth-order valence-electron chi connectivity index (χ4n) is 1.97. The molecule has 0 atom stereocenters. The Hall–Kier alpha value is -2.55. The predicted molar refractivity (Wildman–Crippen MR) is 67.0 cm³/mol. The van der Waals surface area contributed by atoms with Gasteiger partial charge >= 0.3 is 11.9 Å². The second-order valence-corrected chi connectivity index (χ2v) is 5.41. The monoisotopic (exact) mass is 292 g/mol. The highest BCUT2D eigenvalue weighted by atomic mass is 32.1. The van der Waals surface area contributed by atoms with Gasteiger partial charge in [-0.1, -0.05) is 5.21 Å². The van der Waals surface area contributed by atoms with Crippen LogP contribution in [0, 0.1) is 13.8 Å². The van der Waals surface area contributed by atoms with E-state index in [0.29, 0.717) is 10.6 Å². The first-order valence-corrected chi connectivity index (χ1v) is 6.35. The topological polar surface area (TPSA) is 117 Å². The van der Waals surface area contributed by atoms with Crippen molar-refractivity contribution in [1.82, 2.24) is 15.0 Å². The van der Waals surface area contributed by atoms with E-state index in [-0.39, 0.29) is 17.0 Å². The summed E-state index contributed by atoms with van der Waals surface area (Å²) in [7, 11) is 0. The van der Waals surface area contributed by atoms with E-state index in [1.165, 1.54) is 11.3 Å². The van der Waals surface area contributed by atoms with E-state index in [2.05, 4.69) is 15.0 Å². The number of carbonyl (C=O) groups excluding carboxylic acids is 3. The van der Waals surface area contributed by atoms with Crippen molar-refractivity contribution in [2.45, 2.75) is 13.8 Å². The highest BCUT2D eigenvalue weighted by molar-refractivity contribution is 7.15. The van der Waals surface area contributed by atoms with Crippen LogP contribution >= 0.6 is 11.3 Å². The van der Waals surface area contributed by atoms with E-state index in [1.54, 1.807) is 6.92 Å². The van der Waals surface area contributed by atoms with Crippen molar-refractivity contribution in [2.75, 3.05) is 0 Å². The summed E-state index contributed by atoms with van der Waals surface area (Å²) in [5.41, 5.74) is 6.09. The highest BCUT2D eigenvalue weighted by Crippen LogP contribution is 2.32. The van der Waals surface area contributed by atoms with Crippen LogP contribution in [0.5, 0.6) is 0 Å². The van der Waals surface area contributed by atoms with Crippen molar-refractivity contribution in [1.29, 1.82) is 0 Å². The number of hydrogen-bond donors (Lipinski definition) is 1. The number of aryl methyl sites for hydroxylation is 1. The Balaban J connectivity index is 2.29. The first-order chi connectivity index (χ1) is 9.41. The van der Waals surface area contributed by atoms with Crippen LogP contribution in [-0.4, -0.2) is 32.8 Å². The molecule has 0 saturated heterocycles. The molecule has 20 heavy (non-hydrogen) atoms. The maximum absolute atomic E-state index is 11.6. The average Bonchev–Trinajstić information content (AvgIpc) is 2.98. The van der Waals surface area contributed by atoms with E-state index in [9.17, 15) is 14.4 Å². The zero-order valence-corrected chi connectivity index (χ0v) is 11.3. The molecule has 3 rings (SSSR count). The lowest BCUT2D eigenvalue weighted by Crippen LogP contribution is -2.16. The molecular formula is C11H8N4O4S. The van der Waals surface area contributed by atoms with Crippen molar-refractivity contribution in [3.63, 3.8) is 0 Å². The van der Waals surface area contributed by atoms with E-state index >= 15 is 0 Å². The molecule has 0 saturated carbocycles. The SMILES string of the molecule is Cc1sc(-n2nnc3c2C(=O)OC3=O)c(C(N)=O)c1C. The lowest BCUT2D eigenvalue weighted by atomic mass is 10.1. The number of thiophene rings is 1. The maximum Gasteiger partial charge on any atom is 0.369 e. The number of hydrogen-bond acceptors (Lipinski definition) is 7. The molecule has 2 aromatic rings. The summed E-state index contributed by atoms with van der Waals surface area (Å²) in [6.07, 6.45) is 0. The summed E-state index contributed by atoms with van der Waals surface area (Å²) in [6, 6.07) is 0. The Kier molecular flexibility index (Phi) is 2.48. The first kappa shape index (κ1) is 12.5. The zero-order valence-electron chi connectivity index (χ0n) is 10.5. The Morgan fingerprint density at radius 1 is 1.30 bits per heavy atom. The standard InChI is InChI=1S/C11H8N4O4S/c1-3-4(2)20-9(5(3)8(12)16)15-7-6(13-14-15)10(17)19-11(7)18/h1-2H3,(H2,12,16). The molecule has 2 aromatic heterocycles. The van der Waals surface area contributed by atoms with Gasteiger partial charge in [0.2, 0.25) is 5.69 Å². The molecule has 0 aromatic carbocycles. The molecule has 0 aliphatic carbocycles. The van der Waals surface area contributed by atoms with Crippen LogP contribution in [-0.2, 0) is 4.74 Å². The lowest BCUT2D eigenvalue weighted by molar-refractivity contribution is 0.0434. The van der Waals surface area contributed by atoms with Gasteiger partial charge in [-0.25, -0.2) is 9.59 Å². The van der Waals surface area contributed by atoms with Crippen LogP contribution in [0.15, 0.2) is 0 Å². The van der Waals surface area contributed by atoms with Gasteiger partial charge in [0.25, 0.3) is 5.91 Å². The van der Waals surface area contributed by atoms with Gasteiger partial charge in [0.05, 0.1) is 5.56 Å². The smallest absolute Gasteiger partial charge is 0.369 e. The van der Waals surface area contributed by atoms with Gasteiger partial charge in [0.15, 0.2) is 5.69 Å². The lowest BCUT2D eigenvalue weighted by Gasteiger charge is -2.02. The van der Waals surface area contributed by atoms with Gasteiger partial charge < -0.3 is 10.5 Å². The predicted octanol–water partition coefficient (Wildman–Crippen LogP) is 0.355. The highest BCUT2D eigenvalue weighted by Gasteiger charge is 2.38. The second kappa shape index (κ2) is 3.97. The quantitative estimate of drug-likeness (QED) is 0.630. The number of nitrogens with zero attached hydrogens (tertiary/aromatic N) is 3. The molecule has 8 nitrogen and oxygen atoms in total. The fraction of sp³-hybridized carbons (Fsp3) is 0.182. The number of cyclic esters (lactones) is 2. The molecule has 1 aliphatic heterocycles. The number of nitrogens with two attached hydrogens (primary N) is 1. The molecule has 0 bridgehead atoms. The van der Waals surface area contributed by atoms with Gasteiger partial charge in [-0.05, 0) is 19.4 Å². The van der Waals surface area contributed by atoms with E-state index < -0.39 is 17.8 Å². The maximum atomic E-state index is 11.6. The third kappa shape index (κ3) is 1.50. The van der Waals surface area contributed by atoms with Gasteiger partial charge in [0, 0.05) is 4.88 Å². The fourth-order valence-corrected chi connectivity index (χ4v) is 3.09. The molecule has 0 fully saturated rings. The number of primary amides is 1. The van der Waals surface area contributed by atoms with Crippen LogP contribution in [0.4, 0.5) is 0 Å². The molecule has 3 heterocycles. The van der Waals surface area contributed by atoms with E-state index in [4.69, 9.17) is 5.73 Å². The summed E-state index contributed by atoms with van der Waals surface area (Å²) in [4.78, 5) is 35.5. The summed E-state index contributed by atoms with van der Waals surface area (Å²) >= 11 is 1.24. The molecule has 1 aliphatic rings. The van der Waals surface area contributed by atoms with Crippen LogP contribution in [0.25, 0.3) is 5.00 Å². The van der Waals surface area contributed by atoms with Crippen molar-refractivity contribution in [3.05, 3.63) is 27.4 Å².